The van der Waals surface area contributed by atoms with E-state index in [9.17, 15) is 4.79 Å². The molecule has 0 unspecified atom stereocenters. The normalized spacial score (nSPS) is 12.5. The Balaban J connectivity index is 2.36. The molecule has 0 radical (unpaired) electrons. The second-order valence-corrected chi connectivity index (χ2v) is 4.19. The Kier molecular flexibility index (Phi) is 4.99. The van der Waals surface area contributed by atoms with Crippen molar-refractivity contribution in [3.8, 4) is 0 Å². The van der Waals surface area contributed by atoms with Gasteiger partial charge in [-0.25, -0.2) is 4.79 Å². The van der Waals surface area contributed by atoms with E-state index in [1.165, 1.54) is 0 Å². The van der Waals surface area contributed by atoms with Crippen LogP contribution in [0.3, 0.4) is 0 Å². The van der Waals surface area contributed by atoms with Gasteiger partial charge in [-0.05, 0) is 19.1 Å². The molecule has 88 valence electrons. The molecule has 1 rings (SSSR count). The standard InChI is InChI=1S/C13H19NO2/c1-10(2)14-11(3)9-16-13(15)12-7-5-4-6-8-12/h4-8,10-11,14H,9H2,1-3H3/t11-/m0/s1. The van der Waals surface area contributed by atoms with Crippen LogP contribution in [0.15, 0.2) is 30.3 Å². The van der Waals surface area contributed by atoms with Crippen molar-refractivity contribution in [1.29, 1.82) is 0 Å². The summed E-state index contributed by atoms with van der Waals surface area (Å²) in [4.78, 5) is 11.6. The van der Waals surface area contributed by atoms with E-state index in [1.54, 1.807) is 12.1 Å². The van der Waals surface area contributed by atoms with Gasteiger partial charge in [0.1, 0.15) is 6.61 Å². The molecule has 1 atom stereocenters. The van der Waals surface area contributed by atoms with Crippen molar-refractivity contribution >= 4 is 5.97 Å². The summed E-state index contributed by atoms with van der Waals surface area (Å²) < 4.78 is 5.19. The largest absolute Gasteiger partial charge is 0.460 e. The number of benzene rings is 1. The highest BCUT2D eigenvalue weighted by molar-refractivity contribution is 5.89. The molecule has 0 spiro atoms. The molecule has 16 heavy (non-hydrogen) atoms. The van der Waals surface area contributed by atoms with Gasteiger partial charge in [-0.2, -0.15) is 0 Å². The lowest BCUT2D eigenvalue weighted by Crippen LogP contribution is -2.36. The summed E-state index contributed by atoms with van der Waals surface area (Å²) in [6, 6.07) is 9.60. The van der Waals surface area contributed by atoms with Gasteiger partial charge in [-0.3, -0.25) is 0 Å². The van der Waals surface area contributed by atoms with Gasteiger partial charge in [0.05, 0.1) is 5.56 Å². The fourth-order valence-electron chi connectivity index (χ4n) is 1.48. The van der Waals surface area contributed by atoms with Crippen LogP contribution in [-0.4, -0.2) is 24.7 Å². The minimum absolute atomic E-state index is 0.174. The Morgan fingerprint density at radius 2 is 1.88 bits per heavy atom. The van der Waals surface area contributed by atoms with Crippen molar-refractivity contribution in [2.75, 3.05) is 6.61 Å². The van der Waals surface area contributed by atoms with Crippen molar-refractivity contribution in [1.82, 2.24) is 5.32 Å². The molecule has 0 bridgehead atoms. The molecule has 0 saturated heterocycles. The van der Waals surface area contributed by atoms with E-state index in [2.05, 4.69) is 19.2 Å². The van der Waals surface area contributed by atoms with Crippen molar-refractivity contribution in [3.05, 3.63) is 35.9 Å². The Morgan fingerprint density at radius 3 is 2.44 bits per heavy atom. The molecule has 3 heteroatoms. The molecule has 1 aromatic carbocycles. The fourth-order valence-corrected chi connectivity index (χ4v) is 1.48. The van der Waals surface area contributed by atoms with E-state index in [1.807, 2.05) is 25.1 Å². The molecule has 3 nitrogen and oxygen atoms in total. The lowest BCUT2D eigenvalue weighted by molar-refractivity contribution is 0.0468. The number of hydrogen-bond donors (Lipinski definition) is 1. The highest BCUT2D eigenvalue weighted by atomic mass is 16.5. The highest BCUT2D eigenvalue weighted by Gasteiger charge is 2.09. The summed E-state index contributed by atoms with van der Waals surface area (Å²) >= 11 is 0. The van der Waals surface area contributed by atoms with Crippen LogP contribution in [0.4, 0.5) is 0 Å². The lowest BCUT2D eigenvalue weighted by atomic mass is 10.2. The van der Waals surface area contributed by atoms with Crippen molar-refractivity contribution < 1.29 is 9.53 Å². The number of ether oxygens (including phenoxy) is 1. The Morgan fingerprint density at radius 1 is 1.25 bits per heavy atom. The molecule has 0 heterocycles. The molecule has 1 aromatic rings. The zero-order chi connectivity index (χ0) is 12.0. The highest BCUT2D eigenvalue weighted by Crippen LogP contribution is 2.01. The predicted octanol–water partition coefficient (Wildman–Crippen LogP) is 2.23. The van der Waals surface area contributed by atoms with Gasteiger partial charge in [0, 0.05) is 12.1 Å². The van der Waals surface area contributed by atoms with Crippen LogP contribution in [0.2, 0.25) is 0 Å². The lowest BCUT2D eigenvalue weighted by Gasteiger charge is -2.16. The number of hydrogen-bond acceptors (Lipinski definition) is 3. The Bertz CT molecular complexity index is 322. The van der Waals surface area contributed by atoms with E-state index in [0.717, 1.165) is 0 Å². The third-order valence-electron chi connectivity index (χ3n) is 2.09. The smallest absolute Gasteiger partial charge is 0.338 e. The van der Waals surface area contributed by atoms with Gasteiger partial charge >= 0.3 is 5.97 Å². The first-order chi connectivity index (χ1) is 7.59. The number of carbonyl (C=O) groups is 1. The van der Waals surface area contributed by atoms with Crippen LogP contribution in [0.25, 0.3) is 0 Å². The molecular formula is C13H19NO2. The van der Waals surface area contributed by atoms with E-state index in [0.29, 0.717) is 18.2 Å². The first-order valence-electron chi connectivity index (χ1n) is 5.58. The van der Waals surface area contributed by atoms with E-state index < -0.39 is 0 Å². The maximum absolute atomic E-state index is 11.6. The summed E-state index contributed by atoms with van der Waals surface area (Å²) in [5, 5.41) is 3.27. The van der Waals surface area contributed by atoms with Crippen LogP contribution >= 0.6 is 0 Å². The molecule has 1 N–H and O–H groups in total. The molecule has 0 fully saturated rings. The molecule has 0 amide bonds. The molecule has 0 aliphatic rings. The van der Waals surface area contributed by atoms with Crippen LogP contribution in [-0.2, 0) is 4.74 Å². The van der Waals surface area contributed by atoms with Gasteiger partial charge in [0.15, 0.2) is 0 Å². The van der Waals surface area contributed by atoms with Crippen molar-refractivity contribution in [2.24, 2.45) is 0 Å². The SMILES string of the molecule is CC(C)N[C@@H](C)COC(=O)c1ccccc1. The maximum atomic E-state index is 11.6. The Hall–Kier alpha value is -1.35. The van der Waals surface area contributed by atoms with Crippen LogP contribution in [0.5, 0.6) is 0 Å². The molecule has 0 aliphatic carbocycles. The third kappa shape index (κ3) is 4.45. The summed E-state index contributed by atoms with van der Waals surface area (Å²) in [6.45, 7) is 6.52. The number of esters is 1. The van der Waals surface area contributed by atoms with Gasteiger partial charge in [-0.15, -0.1) is 0 Å². The van der Waals surface area contributed by atoms with E-state index in [4.69, 9.17) is 4.74 Å². The zero-order valence-electron chi connectivity index (χ0n) is 10.1. The summed E-state index contributed by atoms with van der Waals surface area (Å²) in [7, 11) is 0. The topological polar surface area (TPSA) is 38.3 Å². The summed E-state index contributed by atoms with van der Waals surface area (Å²) in [5.74, 6) is -0.266. The first kappa shape index (κ1) is 12.7. The summed E-state index contributed by atoms with van der Waals surface area (Å²) in [6.07, 6.45) is 0. The van der Waals surface area contributed by atoms with Crippen LogP contribution in [0, 0.1) is 0 Å². The molecule has 0 aromatic heterocycles. The van der Waals surface area contributed by atoms with Crippen LogP contribution in [0.1, 0.15) is 31.1 Å². The van der Waals surface area contributed by atoms with Crippen molar-refractivity contribution in [2.45, 2.75) is 32.9 Å². The van der Waals surface area contributed by atoms with E-state index in [-0.39, 0.29) is 12.0 Å². The average Bonchev–Trinajstić information content (AvgIpc) is 2.26. The van der Waals surface area contributed by atoms with Crippen LogP contribution < -0.4 is 5.32 Å². The number of carbonyl (C=O) groups excluding carboxylic acids is 1. The Labute approximate surface area is 96.8 Å². The predicted molar refractivity (Wildman–Crippen MR) is 64.5 cm³/mol. The van der Waals surface area contributed by atoms with E-state index >= 15 is 0 Å². The molecule has 0 aliphatic heterocycles. The minimum Gasteiger partial charge on any atom is -0.460 e. The van der Waals surface area contributed by atoms with Gasteiger partial charge < -0.3 is 10.1 Å². The third-order valence-corrected chi connectivity index (χ3v) is 2.09. The number of rotatable bonds is 5. The first-order valence-corrected chi connectivity index (χ1v) is 5.58. The second kappa shape index (κ2) is 6.28. The van der Waals surface area contributed by atoms with Gasteiger partial charge in [0.25, 0.3) is 0 Å². The van der Waals surface area contributed by atoms with Gasteiger partial charge in [0.2, 0.25) is 0 Å². The minimum atomic E-state index is -0.266. The monoisotopic (exact) mass is 221 g/mol. The van der Waals surface area contributed by atoms with Gasteiger partial charge in [-0.1, -0.05) is 32.0 Å². The number of nitrogens with one attached hydrogen (secondary N) is 1. The average molecular weight is 221 g/mol. The molecular weight excluding hydrogens is 202 g/mol. The zero-order valence-corrected chi connectivity index (χ0v) is 10.1. The fraction of sp³-hybridized carbons (Fsp3) is 0.462. The summed E-state index contributed by atoms with van der Waals surface area (Å²) in [5.41, 5.74) is 0.597. The van der Waals surface area contributed by atoms with Crippen molar-refractivity contribution in [3.63, 3.8) is 0 Å². The molecule has 0 saturated carbocycles. The maximum Gasteiger partial charge on any atom is 0.338 e. The second-order valence-electron chi connectivity index (χ2n) is 4.19. The quantitative estimate of drug-likeness (QED) is 0.775.